The minimum atomic E-state index is 0.682. The Kier molecular flexibility index (Phi) is 5.22. The van der Waals surface area contributed by atoms with Crippen LogP contribution in [0.1, 0.15) is 33.6 Å². The van der Waals surface area contributed by atoms with Crippen molar-refractivity contribution in [3.63, 3.8) is 0 Å². The molecule has 3 nitrogen and oxygen atoms in total. The molecule has 25 heavy (non-hydrogen) atoms. The highest BCUT2D eigenvalue weighted by Crippen LogP contribution is 2.31. The number of benzene rings is 1. The van der Waals surface area contributed by atoms with Crippen molar-refractivity contribution in [2.75, 3.05) is 0 Å². The average molecular weight is 366 g/mol. The number of nitrogens with zero attached hydrogens (tertiary/aromatic N) is 3. The summed E-state index contributed by atoms with van der Waals surface area (Å²) in [5.74, 6) is 0.714. The van der Waals surface area contributed by atoms with E-state index in [0.29, 0.717) is 11.3 Å². The minimum absolute atomic E-state index is 0.682. The zero-order valence-corrected chi connectivity index (χ0v) is 16.4. The standard InChI is InChI=1S/C20H19N3S2/c1-12-5-7-16(8-6-12)19-23-17(10-24-19)11-25-20-18(9-21)14(3)13(2)15(4)22-20/h5-8,10H,11H2,1-4H3. The first-order chi connectivity index (χ1) is 12.0. The van der Waals surface area contributed by atoms with Crippen LogP contribution in [0.25, 0.3) is 10.6 Å². The van der Waals surface area contributed by atoms with Crippen LogP contribution >= 0.6 is 23.1 Å². The zero-order valence-electron chi connectivity index (χ0n) is 14.8. The maximum atomic E-state index is 9.47. The van der Waals surface area contributed by atoms with Crippen LogP contribution in [0.15, 0.2) is 34.7 Å². The number of nitriles is 1. The number of thioether (sulfide) groups is 1. The zero-order chi connectivity index (χ0) is 18.0. The van der Waals surface area contributed by atoms with Crippen molar-refractivity contribution in [1.82, 2.24) is 9.97 Å². The Morgan fingerprint density at radius 3 is 2.44 bits per heavy atom. The second-order valence-corrected chi connectivity index (χ2v) is 7.86. The Bertz CT molecular complexity index is 950. The van der Waals surface area contributed by atoms with Gasteiger partial charge in [0.1, 0.15) is 16.1 Å². The summed E-state index contributed by atoms with van der Waals surface area (Å²) >= 11 is 3.24. The number of hydrogen-bond acceptors (Lipinski definition) is 5. The summed E-state index contributed by atoms with van der Waals surface area (Å²) in [5, 5.41) is 13.4. The van der Waals surface area contributed by atoms with E-state index in [4.69, 9.17) is 4.98 Å². The Hall–Kier alpha value is -2.16. The fraction of sp³-hybridized carbons (Fsp3) is 0.250. The molecule has 0 radical (unpaired) electrons. The van der Waals surface area contributed by atoms with Crippen molar-refractivity contribution in [1.29, 1.82) is 5.26 Å². The van der Waals surface area contributed by atoms with E-state index in [1.165, 1.54) is 5.56 Å². The lowest BCUT2D eigenvalue weighted by molar-refractivity contribution is 0.997. The number of pyridine rings is 1. The van der Waals surface area contributed by atoms with E-state index in [1.54, 1.807) is 23.1 Å². The largest absolute Gasteiger partial charge is 0.245 e. The molecule has 3 aromatic rings. The third-order valence-electron chi connectivity index (χ3n) is 4.28. The summed E-state index contributed by atoms with van der Waals surface area (Å²) in [7, 11) is 0. The molecule has 0 bridgehead atoms. The molecule has 5 heteroatoms. The van der Waals surface area contributed by atoms with Crippen molar-refractivity contribution in [2.24, 2.45) is 0 Å². The highest BCUT2D eigenvalue weighted by molar-refractivity contribution is 7.98. The molecule has 0 atom stereocenters. The van der Waals surface area contributed by atoms with Crippen LogP contribution in [0, 0.1) is 39.0 Å². The molecule has 0 saturated carbocycles. The number of rotatable bonds is 4. The van der Waals surface area contributed by atoms with Gasteiger partial charge in [-0.05, 0) is 38.8 Å². The van der Waals surface area contributed by atoms with Crippen LogP contribution in [0.2, 0.25) is 0 Å². The molecular weight excluding hydrogens is 346 g/mol. The van der Waals surface area contributed by atoms with Gasteiger partial charge in [0, 0.05) is 22.4 Å². The van der Waals surface area contributed by atoms with Gasteiger partial charge in [-0.3, -0.25) is 0 Å². The summed E-state index contributed by atoms with van der Waals surface area (Å²) < 4.78 is 0. The van der Waals surface area contributed by atoms with Crippen molar-refractivity contribution in [3.8, 4) is 16.6 Å². The predicted molar refractivity (Wildman–Crippen MR) is 105 cm³/mol. The SMILES string of the molecule is Cc1ccc(-c2nc(CSc3nc(C)c(C)c(C)c3C#N)cs2)cc1. The number of aryl methyl sites for hydroxylation is 2. The maximum Gasteiger partial charge on any atom is 0.123 e. The Labute approximate surface area is 156 Å². The predicted octanol–water partition coefficient (Wildman–Crippen LogP) is 5.60. The van der Waals surface area contributed by atoms with Gasteiger partial charge >= 0.3 is 0 Å². The monoisotopic (exact) mass is 365 g/mol. The van der Waals surface area contributed by atoms with Gasteiger partial charge in [-0.2, -0.15) is 5.26 Å². The third kappa shape index (κ3) is 3.76. The Balaban J connectivity index is 1.79. The van der Waals surface area contributed by atoms with Gasteiger partial charge in [0.2, 0.25) is 0 Å². The third-order valence-corrected chi connectivity index (χ3v) is 6.23. The average Bonchev–Trinajstić information content (AvgIpc) is 3.07. The molecule has 0 aliphatic rings. The second-order valence-electron chi connectivity index (χ2n) is 6.04. The Morgan fingerprint density at radius 2 is 1.76 bits per heavy atom. The van der Waals surface area contributed by atoms with Gasteiger partial charge in [0.25, 0.3) is 0 Å². The highest BCUT2D eigenvalue weighted by Gasteiger charge is 2.14. The first-order valence-electron chi connectivity index (χ1n) is 8.01. The molecular formula is C20H19N3S2. The van der Waals surface area contributed by atoms with E-state index in [0.717, 1.165) is 38.1 Å². The molecule has 0 aliphatic heterocycles. The van der Waals surface area contributed by atoms with Crippen LogP contribution in [-0.2, 0) is 5.75 Å². The molecule has 1 aromatic carbocycles. The summed E-state index contributed by atoms with van der Waals surface area (Å²) in [6.45, 7) is 8.08. The van der Waals surface area contributed by atoms with Crippen molar-refractivity contribution in [2.45, 2.75) is 38.5 Å². The van der Waals surface area contributed by atoms with E-state index in [1.807, 2.05) is 20.8 Å². The molecule has 0 unspecified atom stereocenters. The molecule has 3 rings (SSSR count). The molecule has 0 fully saturated rings. The van der Waals surface area contributed by atoms with Gasteiger partial charge < -0.3 is 0 Å². The van der Waals surface area contributed by atoms with Crippen LogP contribution in [0.4, 0.5) is 0 Å². The summed E-state index contributed by atoms with van der Waals surface area (Å²) in [5.41, 5.74) is 7.19. The molecule has 0 aliphatic carbocycles. The van der Waals surface area contributed by atoms with Crippen LogP contribution in [0.5, 0.6) is 0 Å². The second kappa shape index (κ2) is 7.38. The van der Waals surface area contributed by atoms with Crippen LogP contribution < -0.4 is 0 Å². The maximum absolute atomic E-state index is 9.47. The summed E-state index contributed by atoms with van der Waals surface area (Å²) in [4.78, 5) is 9.34. The number of thiazole rings is 1. The smallest absolute Gasteiger partial charge is 0.123 e. The molecule has 2 aromatic heterocycles. The van der Waals surface area contributed by atoms with Crippen LogP contribution in [0.3, 0.4) is 0 Å². The van der Waals surface area contributed by atoms with E-state index in [2.05, 4.69) is 47.6 Å². The Morgan fingerprint density at radius 1 is 1.04 bits per heavy atom. The number of aromatic nitrogens is 2. The topological polar surface area (TPSA) is 49.6 Å². The molecule has 0 N–H and O–H groups in total. The fourth-order valence-corrected chi connectivity index (χ4v) is 4.40. The van der Waals surface area contributed by atoms with Gasteiger partial charge in [0.15, 0.2) is 0 Å². The van der Waals surface area contributed by atoms with E-state index in [-0.39, 0.29) is 0 Å². The quantitative estimate of drug-likeness (QED) is 0.564. The fourth-order valence-electron chi connectivity index (χ4n) is 2.49. The summed E-state index contributed by atoms with van der Waals surface area (Å²) in [6, 6.07) is 10.7. The first-order valence-corrected chi connectivity index (χ1v) is 9.88. The van der Waals surface area contributed by atoms with Gasteiger partial charge in [-0.25, -0.2) is 9.97 Å². The molecule has 0 spiro atoms. The lowest BCUT2D eigenvalue weighted by Crippen LogP contribution is -1.99. The lowest BCUT2D eigenvalue weighted by Gasteiger charge is -2.10. The van der Waals surface area contributed by atoms with E-state index >= 15 is 0 Å². The van der Waals surface area contributed by atoms with Gasteiger partial charge in [-0.1, -0.05) is 41.6 Å². The minimum Gasteiger partial charge on any atom is -0.245 e. The van der Waals surface area contributed by atoms with Crippen molar-refractivity contribution in [3.05, 3.63) is 63.3 Å². The van der Waals surface area contributed by atoms with Crippen molar-refractivity contribution >= 4 is 23.1 Å². The normalized spacial score (nSPS) is 10.7. The van der Waals surface area contributed by atoms with E-state index in [9.17, 15) is 5.26 Å². The molecule has 2 heterocycles. The molecule has 0 saturated heterocycles. The number of hydrogen-bond donors (Lipinski definition) is 0. The molecule has 0 amide bonds. The lowest BCUT2D eigenvalue weighted by atomic mass is 10.1. The molecule has 126 valence electrons. The highest BCUT2D eigenvalue weighted by atomic mass is 32.2. The van der Waals surface area contributed by atoms with E-state index < -0.39 is 0 Å². The summed E-state index contributed by atoms with van der Waals surface area (Å²) in [6.07, 6.45) is 0. The first kappa shape index (κ1) is 17.7. The van der Waals surface area contributed by atoms with Crippen molar-refractivity contribution < 1.29 is 0 Å². The van der Waals surface area contributed by atoms with Gasteiger partial charge in [0.05, 0.1) is 11.3 Å². The van der Waals surface area contributed by atoms with Gasteiger partial charge in [-0.15, -0.1) is 11.3 Å². The van der Waals surface area contributed by atoms with Crippen LogP contribution in [-0.4, -0.2) is 9.97 Å².